The summed E-state index contributed by atoms with van der Waals surface area (Å²) in [7, 11) is 0. The van der Waals surface area contributed by atoms with E-state index in [0.717, 1.165) is 15.8 Å². The first kappa shape index (κ1) is 13.2. The Morgan fingerprint density at radius 1 is 1.19 bits per heavy atom. The maximum absolute atomic E-state index is 12.1. The van der Waals surface area contributed by atoms with Crippen molar-refractivity contribution in [3.63, 3.8) is 0 Å². The summed E-state index contributed by atoms with van der Waals surface area (Å²) in [6.07, 6.45) is 3.20. The number of rotatable bonds is 3. The van der Waals surface area contributed by atoms with E-state index in [1.54, 1.807) is 24.3 Å². The molecule has 0 aliphatic heterocycles. The summed E-state index contributed by atoms with van der Waals surface area (Å²) in [4.78, 5) is 16.5. The van der Waals surface area contributed by atoms with Crippen molar-refractivity contribution in [2.24, 2.45) is 0 Å². The topological polar surface area (TPSA) is 53.8 Å². The summed E-state index contributed by atoms with van der Waals surface area (Å²) in [5.74, 6) is -0.126. The van der Waals surface area contributed by atoms with Gasteiger partial charge in [-0.1, -0.05) is 30.3 Å². The molecule has 0 radical (unpaired) electrons. The lowest BCUT2D eigenvalue weighted by atomic mass is 10.1. The Morgan fingerprint density at radius 3 is 2.86 bits per heavy atom. The quantitative estimate of drug-likeness (QED) is 0.540. The first-order chi connectivity index (χ1) is 10.3. The third-order valence-corrected chi connectivity index (χ3v) is 4.00. The fourth-order valence-corrected chi connectivity index (χ4v) is 2.82. The molecule has 21 heavy (non-hydrogen) atoms. The van der Waals surface area contributed by atoms with Crippen molar-refractivity contribution in [3.05, 3.63) is 70.7 Å². The normalized spacial score (nSPS) is 10.8. The largest absolute Gasteiger partial charge is 0.287 e. The van der Waals surface area contributed by atoms with Crippen molar-refractivity contribution in [3.8, 4) is 6.07 Å². The lowest BCUT2D eigenvalue weighted by Crippen LogP contribution is -1.92. The molecule has 0 unspecified atom stereocenters. The van der Waals surface area contributed by atoms with Gasteiger partial charge in [-0.3, -0.25) is 4.79 Å². The zero-order valence-electron chi connectivity index (χ0n) is 11.0. The van der Waals surface area contributed by atoms with Crippen LogP contribution in [0.3, 0.4) is 0 Å². The number of carbonyl (C=O) groups excluding carboxylic acids is 1. The van der Waals surface area contributed by atoms with Crippen LogP contribution in [0.5, 0.6) is 0 Å². The first-order valence-electron chi connectivity index (χ1n) is 6.34. The van der Waals surface area contributed by atoms with Gasteiger partial charge in [-0.15, -0.1) is 11.3 Å². The van der Waals surface area contributed by atoms with E-state index in [1.807, 2.05) is 30.3 Å². The highest BCUT2D eigenvalue weighted by Crippen LogP contribution is 2.22. The molecule has 4 heteroatoms. The van der Waals surface area contributed by atoms with E-state index in [1.165, 1.54) is 17.4 Å². The van der Waals surface area contributed by atoms with Gasteiger partial charge < -0.3 is 0 Å². The van der Waals surface area contributed by atoms with Crippen LogP contribution in [-0.2, 0) is 0 Å². The monoisotopic (exact) mass is 290 g/mol. The third kappa shape index (κ3) is 2.88. The number of fused-ring (bicyclic) bond motifs is 1. The van der Waals surface area contributed by atoms with E-state index in [9.17, 15) is 4.79 Å². The predicted molar refractivity (Wildman–Crippen MR) is 84.1 cm³/mol. The van der Waals surface area contributed by atoms with Crippen LogP contribution in [-0.4, -0.2) is 10.8 Å². The van der Waals surface area contributed by atoms with Crippen LogP contribution < -0.4 is 0 Å². The number of para-hydroxylation sites is 1. The van der Waals surface area contributed by atoms with E-state index >= 15 is 0 Å². The number of allylic oxidation sites excluding steroid dienone is 1. The lowest BCUT2D eigenvalue weighted by Gasteiger charge is -1.93. The second-order valence-electron chi connectivity index (χ2n) is 4.42. The second kappa shape index (κ2) is 5.70. The standard InChI is InChI=1S/C17H10N2OS/c18-11-13-5-3-4-12(10-13)8-9-15(20)17-19-14-6-1-2-7-16(14)21-17/h1-10H. The molecule has 0 spiro atoms. The van der Waals surface area contributed by atoms with Gasteiger partial charge in [0, 0.05) is 0 Å². The Morgan fingerprint density at radius 2 is 2.05 bits per heavy atom. The maximum atomic E-state index is 12.1. The minimum absolute atomic E-state index is 0.126. The molecular weight excluding hydrogens is 280 g/mol. The average molecular weight is 290 g/mol. The number of hydrogen-bond donors (Lipinski definition) is 0. The van der Waals surface area contributed by atoms with E-state index in [4.69, 9.17) is 5.26 Å². The number of nitriles is 1. The molecule has 0 atom stereocenters. The summed E-state index contributed by atoms with van der Waals surface area (Å²) in [5.41, 5.74) is 2.24. The molecule has 0 saturated carbocycles. The van der Waals surface area contributed by atoms with Crippen LogP contribution >= 0.6 is 11.3 Å². The van der Waals surface area contributed by atoms with Gasteiger partial charge in [0.25, 0.3) is 0 Å². The number of hydrogen-bond acceptors (Lipinski definition) is 4. The Kier molecular flexibility index (Phi) is 3.59. The van der Waals surface area contributed by atoms with Gasteiger partial charge in [0.2, 0.25) is 5.78 Å². The molecular formula is C17H10N2OS. The van der Waals surface area contributed by atoms with Crippen molar-refractivity contribution >= 4 is 33.4 Å². The number of benzene rings is 2. The summed E-state index contributed by atoms with van der Waals surface area (Å²) >= 11 is 1.38. The molecule has 0 saturated heterocycles. The molecule has 3 nitrogen and oxygen atoms in total. The van der Waals surface area contributed by atoms with Crippen LogP contribution in [0.1, 0.15) is 20.9 Å². The van der Waals surface area contributed by atoms with Crippen molar-refractivity contribution in [2.45, 2.75) is 0 Å². The highest BCUT2D eigenvalue weighted by molar-refractivity contribution is 7.20. The van der Waals surface area contributed by atoms with Gasteiger partial charge in [-0.2, -0.15) is 5.26 Å². The summed E-state index contributed by atoms with van der Waals surface area (Å²) in [5, 5.41) is 9.32. The number of nitrogens with zero attached hydrogens (tertiary/aromatic N) is 2. The van der Waals surface area contributed by atoms with Crippen LogP contribution in [0.25, 0.3) is 16.3 Å². The molecule has 0 aliphatic carbocycles. The van der Waals surface area contributed by atoms with Gasteiger partial charge in [0.05, 0.1) is 21.8 Å². The minimum atomic E-state index is -0.126. The lowest BCUT2D eigenvalue weighted by molar-refractivity contribution is 0.104. The Hall–Kier alpha value is -2.77. The van der Waals surface area contributed by atoms with Crippen molar-refractivity contribution in [1.29, 1.82) is 5.26 Å². The maximum Gasteiger partial charge on any atom is 0.214 e. The number of aromatic nitrogens is 1. The zero-order valence-corrected chi connectivity index (χ0v) is 11.8. The zero-order chi connectivity index (χ0) is 14.7. The molecule has 0 amide bonds. The molecule has 2 aromatic carbocycles. The van der Waals surface area contributed by atoms with Crippen LogP contribution in [0.4, 0.5) is 0 Å². The molecule has 3 aromatic rings. The Bertz CT molecular complexity index is 854. The molecule has 0 N–H and O–H groups in total. The van der Waals surface area contributed by atoms with E-state index in [-0.39, 0.29) is 5.78 Å². The van der Waals surface area contributed by atoms with Crippen molar-refractivity contribution in [2.75, 3.05) is 0 Å². The van der Waals surface area contributed by atoms with E-state index < -0.39 is 0 Å². The predicted octanol–water partition coefficient (Wildman–Crippen LogP) is 4.06. The summed E-state index contributed by atoms with van der Waals surface area (Å²) in [6.45, 7) is 0. The second-order valence-corrected chi connectivity index (χ2v) is 5.45. The van der Waals surface area contributed by atoms with Gasteiger partial charge in [-0.25, -0.2) is 4.98 Å². The van der Waals surface area contributed by atoms with Crippen molar-refractivity contribution < 1.29 is 4.79 Å². The van der Waals surface area contributed by atoms with Gasteiger partial charge in [-0.05, 0) is 35.9 Å². The smallest absolute Gasteiger partial charge is 0.214 e. The molecule has 0 aliphatic rings. The Labute approximate surface area is 125 Å². The van der Waals surface area contributed by atoms with E-state index in [2.05, 4.69) is 11.1 Å². The number of carbonyl (C=O) groups is 1. The molecule has 3 rings (SSSR count). The fourth-order valence-electron chi connectivity index (χ4n) is 1.93. The summed E-state index contributed by atoms with van der Waals surface area (Å²) in [6, 6.07) is 16.9. The minimum Gasteiger partial charge on any atom is -0.287 e. The average Bonchev–Trinajstić information content (AvgIpc) is 2.97. The molecule has 1 heterocycles. The molecule has 1 aromatic heterocycles. The van der Waals surface area contributed by atoms with Crippen molar-refractivity contribution in [1.82, 2.24) is 4.98 Å². The van der Waals surface area contributed by atoms with Crippen LogP contribution in [0.15, 0.2) is 54.6 Å². The van der Waals surface area contributed by atoms with Gasteiger partial charge >= 0.3 is 0 Å². The highest BCUT2D eigenvalue weighted by Gasteiger charge is 2.08. The molecule has 0 fully saturated rings. The highest BCUT2D eigenvalue weighted by atomic mass is 32.1. The third-order valence-electron chi connectivity index (χ3n) is 2.95. The van der Waals surface area contributed by atoms with Crippen LogP contribution in [0.2, 0.25) is 0 Å². The van der Waals surface area contributed by atoms with Crippen LogP contribution in [0, 0.1) is 11.3 Å². The van der Waals surface area contributed by atoms with E-state index in [0.29, 0.717) is 10.6 Å². The number of ketones is 1. The SMILES string of the molecule is N#Cc1cccc(C=CC(=O)c2nc3ccccc3s2)c1. The Balaban J connectivity index is 1.85. The number of thiazole rings is 1. The summed E-state index contributed by atoms with van der Waals surface area (Å²) < 4.78 is 1.00. The first-order valence-corrected chi connectivity index (χ1v) is 7.16. The van der Waals surface area contributed by atoms with Gasteiger partial charge in [0.1, 0.15) is 0 Å². The molecule has 0 bridgehead atoms. The molecule has 100 valence electrons. The fraction of sp³-hybridized carbons (Fsp3) is 0. The van der Waals surface area contributed by atoms with Gasteiger partial charge in [0.15, 0.2) is 5.01 Å².